The maximum atomic E-state index is 6.03. The minimum absolute atomic E-state index is 0. The molecule has 0 bridgehead atoms. The molecule has 0 radical (unpaired) electrons. The summed E-state index contributed by atoms with van der Waals surface area (Å²) in [7, 11) is 1.68. The Balaban J connectivity index is 0.00000361. The molecule has 6 heteroatoms. The van der Waals surface area contributed by atoms with Gasteiger partial charge in [-0.1, -0.05) is 12.8 Å². The van der Waals surface area contributed by atoms with Crippen LogP contribution in [0, 0.1) is 0 Å². The van der Waals surface area contributed by atoms with Gasteiger partial charge >= 0.3 is 0 Å². The molecule has 1 rings (SSSR count). The molecule has 0 saturated carbocycles. The quantitative estimate of drug-likeness (QED) is 0.294. The van der Waals surface area contributed by atoms with Crippen molar-refractivity contribution in [3.8, 4) is 0 Å². The Hall–Kier alpha value is -0.0800. The Morgan fingerprint density at radius 2 is 1.75 bits per heavy atom. The van der Waals surface area contributed by atoms with Crippen molar-refractivity contribution < 1.29 is 9.47 Å². The monoisotopic (exact) mass is 399 g/mol. The SMILES string of the molecule is COCCOCCCCN=C(N)N1CCCCCC1.I. The van der Waals surface area contributed by atoms with Gasteiger partial charge in [-0.3, -0.25) is 4.99 Å². The molecule has 5 nitrogen and oxygen atoms in total. The molecule has 20 heavy (non-hydrogen) atoms. The molecule has 1 aliphatic rings. The molecule has 120 valence electrons. The van der Waals surface area contributed by atoms with Crippen molar-refractivity contribution in [1.82, 2.24) is 4.90 Å². The smallest absolute Gasteiger partial charge is 0.191 e. The number of nitrogens with zero attached hydrogens (tertiary/aromatic N) is 2. The van der Waals surface area contributed by atoms with Gasteiger partial charge in [-0.2, -0.15) is 0 Å². The number of guanidine groups is 1. The Bertz CT molecular complexity index is 245. The number of likely N-dealkylation sites (tertiary alicyclic amines) is 1. The predicted octanol–water partition coefficient (Wildman–Crippen LogP) is 2.24. The molecule has 0 spiro atoms. The van der Waals surface area contributed by atoms with Crippen molar-refractivity contribution in [3.05, 3.63) is 0 Å². The van der Waals surface area contributed by atoms with E-state index in [4.69, 9.17) is 15.2 Å². The summed E-state index contributed by atoms with van der Waals surface area (Å²) in [6.45, 7) is 5.05. The third-order valence-corrected chi connectivity index (χ3v) is 3.33. The summed E-state index contributed by atoms with van der Waals surface area (Å²) in [6.07, 6.45) is 7.18. The van der Waals surface area contributed by atoms with Crippen molar-refractivity contribution >= 4 is 29.9 Å². The fraction of sp³-hybridized carbons (Fsp3) is 0.929. The number of rotatable bonds is 8. The fourth-order valence-electron chi connectivity index (χ4n) is 2.15. The number of methoxy groups -OCH3 is 1. The molecule has 1 saturated heterocycles. The highest BCUT2D eigenvalue weighted by Gasteiger charge is 2.10. The highest BCUT2D eigenvalue weighted by atomic mass is 127. The van der Waals surface area contributed by atoms with Crippen LogP contribution < -0.4 is 5.73 Å². The van der Waals surface area contributed by atoms with Gasteiger partial charge < -0.3 is 20.1 Å². The first-order chi connectivity index (χ1) is 9.34. The van der Waals surface area contributed by atoms with Crippen LogP contribution in [-0.2, 0) is 9.47 Å². The van der Waals surface area contributed by atoms with Gasteiger partial charge in [0.25, 0.3) is 0 Å². The summed E-state index contributed by atoms with van der Waals surface area (Å²) in [5.41, 5.74) is 6.03. The minimum atomic E-state index is 0. The van der Waals surface area contributed by atoms with Gasteiger partial charge in [0.2, 0.25) is 0 Å². The number of ether oxygens (including phenoxy) is 2. The maximum absolute atomic E-state index is 6.03. The van der Waals surface area contributed by atoms with Crippen LogP contribution >= 0.6 is 24.0 Å². The molecular weight excluding hydrogens is 369 g/mol. The van der Waals surface area contributed by atoms with E-state index in [0.717, 1.165) is 45.0 Å². The summed E-state index contributed by atoms with van der Waals surface area (Å²) < 4.78 is 10.3. The topological polar surface area (TPSA) is 60.1 Å². The summed E-state index contributed by atoms with van der Waals surface area (Å²) >= 11 is 0. The number of nitrogens with two attached hydrogens (primary N) is 1. The van der Waals surface area contributed by atoms with Gasteiger partial charge in [0.1, 0.15) is 0 Å². The third-order valence-electron chi connectivity index (χ3n) is 3.33. The second-order valence-corrected chi connectivity index (χ2v) is 4.95. The molecule has 1 fully saturated rings. The van der Waals surface area contributed by atoms with E-state index in [1.54, 1.807) is 7.11 Å². The molecule has 0 aliphatic carbocycles. The predicted molar refractivity (Wildman–Crippen MR) is 93.9 cm³/mol. The molecule has 0 aromatic carbocycles. The molecule has 1 aliphatic heterocycles. The van der Waals surface area contributed by atoms with Crippen LogP contribution in [0.4, 0.5) is 0 Å². The molecule has 0 amide bonds. The highest BCUT2D eigenvalue weighted by Crippen LogP contribution is 2.09. The first kappa shape index (κ1) is 19.9. The minimum Gasteiger partial charge on any atom is -0.382 e. The largest absolute Gasteiger partial charge is 0.382 e. The van der Waals surface area contributed by atoms with Crippen LogP contribution in [0.2, 0.25) is 0 Å². The number of hydrogen-bond donors (Lipinski definition) is 1. The maximum Gasteiger partial charge on any atom is 0.191 e. The summed E-state index contributed by atoms with van der Waals surface area (Å²) in [5.74, 6) is 0.724. The zero-order valence-corrected chi connectivity index (χ0v) is 15.0. The second kappa shape index (κ2) is 13.9. The van der Waals surface area contributed by atoms with E-state index < -0.39 is 0 Å². The van der Waals surface area contributed by atoms with E-state index in [0.29, 0.717) is 13.2 Å². The molecule has 0 unspecified atom stereocenters. The van der Waals surface area contributed by atoms with Crippen LogP contribution in [0.1, 0.15) is 38.5 Å². The molecule has 0 aromatic heterocycles. The Kier molecular flexibility index (Phi) is 13.8. The van der Waals surface area contributed by atoms with Crippen LogP contribution in [-0.4, -0.2) is 57.4 Å². The lowest BCUT2D eigenvalue weighted by atomic mass is 10.2. The van der Waals surface area contributed by atoms with Gasteiger partial charge in [-0.05, 0) is 25.7 Å². The lowest BCUT2D eigenvalue weighted by Crippen LogP contribution is -2.38. The standard InChI is InChI=1S/C14H29N3O2.HI/c1-18-12-13-19-11-7-4-8-16-14(15)17-9-5-2-3-6-10-17;/h2-13H2,1H3,(H2,15,16);1H. The van der Waals surface area contributed by atoms with Gasteiger partial charge in [-0.25, -0.2) is 0 Å². The molecule has 1 heterocycles. The lowest BCUT2D eigenvalue weighted by molar-refractivity contribution is 0.0690. The summed E-state index contributed by atoms with van der Waals surface area (Å²) in [6, 6.07) is 0. The highest BCUT2D eigenvalue weighted by molar-refractivity contribution is 14.0. The Morgan fingerprint density at radius 1 is 1.05 bits per heavy atom. The van der Waals surface area contributed by atoms with Crippen molar-refractivity contribution in [2.24, 2.45) is 10.7 Å². The summed E-state index contributed by atoms with van der Waals surface area (Å²) in [4.78, 5) is 6.69. The summed E-state index contributed by atoms with van der Waals surface area (Å²) in [5, 5.41) is 0. The van der Waals surface area contributed by atoms with Crippen molar-refractivity contribution in [3.63, 3.8) is 0 Å². The fourth-order valence-corrected chi connectivity index (χ4v) is 2.15. The molecule has 2 N–H and O–H groups in total. The van der Waals surface area contributed by atoms with E-state index in [-0.39, 0.29) is 24.0 Å². The first-order valence-corrected chi connectivity index (χ1v) is 7.46. The van der Waals surface area contributed by atoms with Gasteiger partial charge in [-0.15, -0.1) is 24.0 Å². The van der Waals surface area contributed by atoms with Gasteiger partial charge in [0, 0.05) is 33.4 Å². The van der Waals surface area contributed by atoms with E-state index >= 15 is 0 Å². The van der Waals surface area contributed by atoms with Crippen LogP contribution in [0.25, 0.3) is 0 Å². The average molecular weight is 399 g/mol. The van der Waals surface area contributed by atoms with E-state index in [9.17, 15) is 0 Å². The molecular formula is C14H30IN3O2. The van der Waals surface area contributed by atoms with Gasteiger partial charge in [0.15, 0.2) is 5.96 Å². The van der Waals surface area contributed by atoms with E-state index in [2.05, 4.69) is 9.89 Å². The zero-order chi connectivity index (χ0) is 13.8. The Labute approximate surface area is 140 Å². The van der Waals surface area contributed by atoms with Crippen molar-refractivity contribution in [2.45, 2.75) is 38.5 Å². The van der Waals surface area contributed by atoms with Crippen LogP contribution in [0.5, 0.6) is 0 Å². The molecule has 0 atom stereocenters. The number of halogens is 1. The average Bonchev–Trinajstić information content (AvgIpc) is 2.70. The Morgan fingerprint density at radius 3 is 2.40 bits per heavy atom. The number of aliphatic imine (C=N–C) groups is 1. The second-order valence-electron chi connectivity index (χ2n) is 4.95. The number of hydrogen-bond acceptors (Lipinski definition) is 3. The van der Waals surface area contributed by atoms with Crippen molar-refractivity contribution in [1.29, 1.82) is 0 Å². The van der Waals surface area contributed by atoms with Gasteiger partial charge in [0.05, 0.1) is 13.2 Å². The zero-order valence-electron chi connectivity index (χ0n) is 12.7. The normalized spacial score (nSPS) is 16.6. The van der Waals surface area contributed by atoms with Crippen LogP contribution in [0.3, 0.4) is 0 Å². The van der Waals surface area contributed by atoms with E-state index in [1.807, 2.05) is 0 Å². The third kappa shape index (κ3) is 9.77. The van der Waals surface area contributed by atoms with Crippen LogP contribution in [0.15, 0.2) is 4.99 Å². The van der Waals surface area contributed by atoms with Crippen molar-refractivity contribution in [2.75, 3.05) is 46.6 Å². The van der Waals surface area contributed by atoms with E-state index in [1.165, 1.54) is 25.7 Å². The lowest BCUT2D eigenvalue weighted by Gasteiger charge is -2.21. The molecule has 0 aromatic rings. The number of unbranched alkanes of at least 4 members (excludes halogenated alkanes) is 1. The first-order valence-electron chi connectivity index (χ1n) is 7.46.